The highest BCUT2D eigenvalue weighted by Gasteiger charge is 2.34. The van der Waals surface area contributed by atoms with E-state index in [1.54, 1.807) is 55.5 Å². The minimum atomic E-state index is -4.17. The van der Waals surface area contributed by atoms with Crippen LogP contribution in [0.1, 0.15) is 29.2 Å². The number of carbonyl (C=O) groups excluding carboxylic acids is 2. The summed E-state index contributed by atoms with van der Waals surface area (Å²) in [5.41, 5.74) is 3.57. The normalized spacial score (nSPS) is 11.9. The summed E-state index contributed by atoms with van der Waals surface area (Å²) >= 11 is 0. The van der Waals surface area contributed by atoms with Gasteiger partial charge in [0.2, 0.25) is 11.8 Å². The van der Waals surface area contributed by atoms with E-state index in [1.807, 2.05) is 44.2 Å². The van der Waals surface area contributed by atoms with Crippen LogP contribution >= 0.6 is 0 Å². The van der Waals surface area contributed by atoms with Crippen LogP contribution in [0.5, 0.6) is 0 Å². The Bertz CT molecular complexity index is 1630. The summed E-state index contributed by atoms with van der Waals surface area (Å²) in [6, 6.07) is 27.3. The van der Waals surface area contributed by atoms with Crippen LogP contribution in [0.2, 0.25) is 0 Å². The maximum absolute atomic E-state index is 14.3. The van der Waals surface area contributed by atoms with E-state index in [1.165, 1.54) is 29.2 Å². The summed E-state index contributed by atoms with van der Waals surface area (Å²) in [7, 11) is -4.17. The molecule has 9 heteroatoms. The number of nitrogens with zero attached hydrogens (tertiary/aromatic N) is 2. The molecule has 4 aromatic carbocycles. The third-order valence-electron chi connectivity index (χ3n) is 7.10. The molecule has 0 aliphatic carbocycles. The lowest BCUT2D eigenvalue weighted by molar-refractivity contribution is -0.140. The van der Waals surface area contributed by atoms with Gasteiger partial charge in [0.25, 0.3) is 10.0 Å². The molecule has 0 fully saturated rings. The van der Waals surface area contributed by atoms with Gasteiger partial charge in [-0.1, -0.05) is 77.9 Å². The van der Waals surface area contributed by atoms with E-state index < -0.39 is 34.3 Å². The summed E-state index contributed by atoms with van der Waals surface area (Å²) < 4.78 is 42.9. The van der Waals surface area contributed by atoms with Gasteiger partial charge in [-0.05, 0) is 68.3 Å². The van der Waals surface area contributed by atoms with Gasteiger partial charge in [0.15, 0.2) is 0 Å². The molecule has 43 heavy (non-hydrogen) atoms. The molecule has 0 saturated heterocycles. The van der Waals surface area contributed by atoms with Crippen LogP contribution in [0, 0.1) is 19.7 Å². The average molecular weight is 602 g/mol. The predicted molar refractivity (Wildman–Crippen MR) is 166 cm³/mol. The molecule has 0 radical (unpaired) electrons. The largest absolute Gasteiger partial charge is 0.355 e. The van der Waals surface area contributed by atoms with E-state index in [2.05, 4.69) is 5.32 Å². The highest BCUT2D eigenvalue weighted by atomic mass is 32.2. The van der Waals surface area contributed by atoms with Gasteiger partial charge in [-0.2, -0.15) is 0 Å². The van der Waals surface area contributed by atoms with Crippen molar-refractivity contribution in [3.63, 3.8) is 0 Å². The molecule has 0 saturated carbocycles. The van der Waals surface area contributed by atoms with Gasteiger partial charge >= 0.3 is 0 Å². The number of anilines is 1. The maximum Gasteiger partial charge on any atom is 0.264 e. The van der Waals surface area contributed by atoms with Crippen LogP contribution in [-0.2, 0) is 32.6 Å². The van der Waals surface area contributed by atoms with Crippen molar-refractivity contribution in [3.8, 4) is 0 Å². The zero-order valence-electron chi connectivity index (χ0n) is 24.5. The van der Waals surface area contributed by atoms with Crippen LogP contribution < -0.4 is 9.62 Å². The Kier molecular flexibility index (Phi) is 10.3. The molecule has 0 bridgehead atoms. The smallest absolute Gasteiger partial charge is 0.264 e. The number of aryl methyl sites for hydroxylation is 2. The molecule has 1 atom stereocenters. The Morgan fingerprint density at radius 1 is 0.791 bits per heavy atom. The number of halogens is 1. The molecule has 0 heterocycles. The molecule has 224 valence electrons. The number of benzene rings is 4. The van der Waals surface area contributed by atoms with Gasteiger partial charge in [-0.3, -0.25) is 13.9 Å². The highest BCUT2D eigenvalue weighted by Crippen LogP contribution is 2.26. The quantitative estimate of drug-likeness (QED) is 0.235. The van der Waals surface area contributed by atoms with Crippen molar-refractivity contribution in [1.29, 1.82) is 0 Å². The van der Waals surface area contributed by atoms with E-state index in [0.717, 1.165) is 21.0 Å². The summed E-state index contributed by atoms with van der Waals surface area (Å²) in [6.07, 6.45) is 0.203. The van der Waals surface area contributed by atoms with Gasteiger partial charge < -0.3 is 10.2 Å². The lowest BCUT2D eigenvalue weighted by Gasteiger charge is -2.34. The first-order chi connectivity index (χ1) is 20.6. The minimum absolute atomic E-state index is 0.0277. The number of nitrogens with one attached hydrogen (secondary N) is 1. The number of likely N-dealkylation sites (N-methyl/N-ethyl adjacent to an activating group) is 1. The van der Waals surface area contributed by atoms with Crippen molar-refractivity contribution in [1.82, 2.24) is 10.2 Å². The highest BCUT2D eigenvalue weighted by molar-refractivity contribution is 7.92. The molecular weight excluding hydrogens is 565 g/mol. The molecule has 0 aliphatic rings. The Labute approximate surface area is 253 Å². The van der Waals surface area contributed by atoms with Crippen LogP contribution in [0.3, 0.4) is 0 Å². The van der Waals surface area contributed by atoms with Crippen molar-refractivity contribution < 1.29 is 22.4 Å². The lowest BCUT2D eigenvalue weighted by Crippen LogP contribution is -2.53. The van der Waals surface area contributed by atoms with Crippen molar-refractivity contribution in [2.24, 2.45) is 0 Å². The standard InChI is InChI=1S/C34H36FN3O4S/c1-4-36-34(40)32(22-27-8-6-5-7-9-27)37(23-28-14-16-29(35)17-15-28)33(39)24-38(30-18-10-25(2)11-19-30)43(41,42)31-20-12-26(3)13-21-31/h5-21,32H,4,22-24H2,1-3H3,(H,36,40)/t32-/m0/s1. The fraction of sp³-hybridized carbons (Fsp3) is 0.235. The van der Waals surface area contributed by atoms with Crippen LogP contribution in [0.25, 0.3) is 0 Å². The summed E-state index contributed by atoms with van der Waals surface area (Å²) in [6.45, 7) is 5.31. The topological polar surface area (TPSA) is 86.8 Å². The lowest BCUT2D eigenvalue weighted by atomic mass is 10.0. The molecule has 0 aromatic heterocycles. The molecule has 1 N–H and O–H groups in total. The van der Waals surface area contributed by atoms with E-state index in [-0.39, 0.29) is 23.8 Å². The van der Waals surface area contributed by atoms with Crippen molar-refractivity contribution in [2.75, 3.05) is 17.4 Å². The molecule has 0 spiro atoms. The number of hydrogen-bond donors (Lipinski definition) is 1. The van der Waals surface area contributed by atoms with Crippen molar-refractivity contribution in [2.45, 2.75) is 44.7 Å². The second-order valence-corrected chi connectivity index (χ2v) is 12.3. The second kappa shape index (κ2) is 14.1. The number of rotatable bonds is 12. The van der Waals surface area contributed by atoms with E-state index in [0.29, 0.717) is 17.8 Å². The van der Waals surface area contributed by atoms with E-state index in [4.69, 9.17) is 0 Å². The monoisotopic (exact) mass is 601 g/mol. The number of carbonyl (C=O) groups is 2. The molecule has 4 aromatic rings. The molecule has 0 aliphatic heterocycles. The fourth-order valence-corrected chi connectivity index (χ4v) is 6.12. The predicted octanol–water partition coefficient (Wildman–Crippen LogP) is 5.41. The first-order valence-electron chi connectivity index (χ1n) is 14.1. The zero-order valence-corrected chi connectivity index (χ0v) is 25.4. The Hall–Kier alpha value is -4.50. The van der Waals surface area contributed by atoms with Crippen molar-refractivity contribution >= 4 is 27.5 Å². The van der Waals surface area contributed by atoms with Crippen LogP contribution in [0.4, 0.5) is 10.1 Å². The summed E-state index contributed by atoms with van der Waals surface area (Å²) in [5, 5.41) is 2.82. The molecular formula is C34H36FN3O4S. The molecule has 0 unspecified atom stereocenters. The maximum atomic E-state index is 14.3. The Morgan fingerprint density at radius 2 is 1.37 bits per heavy atom. The number of amides is 2. The SMILES string of the molecule is CCNC(=O)[C@H](Cc1ccccc1)N(Cc1ccc(F)cc1)C(=O)CN(c1ccc(C)cc1)S(=O)(=O)c1ccc(C)cc1. The Morgan fingerprint density at radius 3 is 1.95 bits per heavy atom. The zero-order chi connectivity index (χ0) is 31.0. The van der Waals surface area contributed by atoms with Crippen LogP contribution in [-0.4, -0.2) is 44.3 Å². The molecule has 4 rings (SSSR count). The minimum Gasteiger partial charge on any atom is -0.355 e. The molecule has 7 nitrogen and oxygen atoms in total. The van der Waals surface area contributed by atoms with E-state index in [9.17, 15) is 22.4 Å². The summed E-state index contributed by atoms with van der Waals surface area (Å²) in [4.78, 5) is 29.2. The third-order valence-corrected chi connectivity index (χ3v) is 8.89. The average Bonchev–Trinajstić information content (AvgIpc) is 3.00. The fourth-order valence-electron chi connectivity index (χ4n) is 4.71. The number of sulfonamides is 1. The first kappa shape index (κ1) is 31.4. The van der Waals surface area contributed by atoms with Gasteiger partial charge in [0, 0.05) is 19.5 Å². The van der Waals surface area contributed by atoms with Crippen molar-refractivity contribution in [3.05, 3.63) is 131 Å². The molecule has 2 amide bonds. The second-order valence-electron chi connectivity index (χ2n) is 10.4. The Balaban J connectivity index is 1.78. The summed E-state index contributed by atoms with van der Waals surface area (Å²) in [5.74, 6) is -1.38. The van der Waals surface area contributed by atoms with Gasteiger partial charge in [0.05, 0.1) is 10.6 Å². The van der Waals surface area contributed by atoms with Crippen LogP contribution in [0.15, 0.2) is 108 Å². The van der Waals surface area contributed by atoms with E-state index >= 15 is 0 Å². The van der Waals surface area contributed by atoms with Gasteiger partial charge in [-0.15, -0.1) is 0 Å². The first-order valence-corrected chi connectivity index (χ1v) is 15.5. The number of hydrogen-bond acceptors (Lipinski definition) is 4. The van der Waals surface area contributed by atoms with Gasteiger partial charge in [-0.25, -0.2) is 12.8 Å². The third kappa shape index (κ3) is 8.08. The van der Waals surface area contributed by atoms with Gasteiger partial charge in [0.1, 0.15) is 18.4 Å².